The van der Waals surface area contributed by atoms with Gasteiger partial charge in [-0.1, -0.05) is 52.9 Å². The molecule has 0 aromatic rings. The van der Waals surface area contributed by atoms with Gasteiger partial charge in [-0.2, -0.15) is 0 Å². The molecule has 0 saturated heterocycles. The molecule has 17 heavy (non-hydrogen) atoms. The average Bonchev–Trinajstić information content (AvgIpc) is 2.26. The van der Waals surface area contributed by atoms with Crippen LogP contribution >= 0.6 is 0 Å². The van der Waals surface area contributed by atoms with Gasteiger partial charge in [0.15, 0.2) is 0 Å². The van der Waals surface area contributed by atoms with E-state index in [2.05, 4.69) is 26.1 Å². The van der Waals surface area contributed by atoms with Gasteiger partial charge in [-0.05, 0) is 25.8 Å². The second-order valence-electron chi connectivity index (χ2n) is 5.64. The quantitative estimate of drug-likeness (QED) is 0.579. The molecule has 0 aliphatic rings. The van der Waals surface area contributed by atoms with E-state index >= 15 is 0 Å². The van der Waals surface area contributed by atoms with Gasteiger partial charge >= 0.3 is 0 Å². The molecular formula is C14H30N2O. The minimum absolute atomic E-state index is 0.228. The minimum Gasteiger partial charge on any atom is -0.368 e. The normalized spacial score (nSPS) is 14.9. The SMILES string of the molecule is CCCCCCCC(C)(NCC(C)C)C(N)=O. The van der Waals surface area contributed by atoms with Crippen molar-refractivity contribution in [2.45, 2.75) is 71.8 Å². The molecule has 0 aliphatic carbocycles. The molecule has 102 valence electrons. The monoisotopic (exact) mass is 242 g/mol. The molecule has 0 aliphatic heterocycles. The summed E-state index contributed by atoms with van der Waals surface area (Å²) in [5.41, 5.74) is 4.97. The lowest BCUT2D eigenvalue weighted by atomic mass is 9.92. The highest BCUT2D eigenvalue weighted by atomic mass is 16.1. The molecule has 0 aromatic heterocycles. The van der Waals surface area contributed by atoms with E-state index in [1.807, 2.05) is 6.92 Å². The van der Waals surface area contributed by atoms with E-state index in [1.165, 1.54) is 25.7 Å². The van der Waals surface area contributed by atoms with Gasteiger partial charge in [-0.25, -0.2) is 0 Å². The van der Waals surface area contributed by atoms with Gasteiger partial charge in [-0.15, -0.1) is 0 Å². The van der Waals surface area contributed by atoms with Crippen molar-refractivity contribution in [3.63, 3.8) is 0 Å². The van der Waals surface area contributed by atoms with Crippen LogP contribution in [0.25, 0.3) is 0 Å². The highest BCUT2D eigenvalue weighted by Crippen LogP contribution is 2.16. The van der Waals surface area contributed by atoms with E-state index in [0.717, 1.165) is 19.4 Å². The van der Waals surface area contributed by atoms with E-state index in [1.54, 1.807) is 0 Å². The first-order chi connectivity index (χ1) is 7.92. The van der Waals surface area contributed by atoms with E-state index < -0.39 is 5.54 Å². The molecule has 1 unspecified atom stereocenters. The standard InChI is InChI=1S/C14H30N2O/c1-5-6-7-8-9-10-14(4,13(15)17)16-11-12(2)3/h12,16H,5-11H2,1-4H3,(H2,15,17). The Morgan fingerprint density at radius 2 is 1.82 bits per heavy atom. The van der Waals surface area contributed by atoms with Crippen molar-refractivity contribution >= 4 is 5.91 Å². The Balaban J connectivity index is 3.99. The molecule has 0 heterocycles. The van der Waals surface area contributed by atoms with Crippen LogP contribution in [0.15, 0.2) is 0 Å². The van der Waals surface area contributed by atoms with E-state index in [-0.39, 0.29) is 5.91 Å². The minimum atomic E-state index is -0.531. The van der Waals surface area contributed by atoms with Crippen LogP contribution in [-0.4, -0.2) is 18.0 Å². The van der Waals surface area contributed by atoms with E-state index in [4.69, 9.17) is 5.73 Å². The molecular weight excluding hydrogens is 212 g/mol. The second kappa shape index (κ2) is 8.51. The molecule has 0 radical (unpaired) electrons. The lowest BCUT2D eigenvalue weighted by molar-refractivity contribution is -0.124. The highest BCUT2D eigenvalue weighted by molar-refractivity contribution is 5.84. The first-order valence-corrected chi connectivity index (χ1v) is 6.97. The summed E-state index contributed by atoms with van der Waals surface area (Å²) in [6, 6.07) is 0. The maximum absolute atomic E-state index is 11.5. The highest BCUT2D eigenvalue weighted by Gasteiger charge is 2.29. The predicted octanol–water partition coefficient (Wildman–Crippen LogP) is 2.84. The van der Waals surface area contributed by atoms with Gasteiger partial charge in [0, 0.05) is 0 Å². The first kappa shape index (κ1) is 16.4. The van der Waals surface area contributed by atoms with Crippen molar-refractivity contribution in [3.8, 4) is 0 Å². The van der Waals surface area contributed by atoms with Crippen LogP contribution in [0, 0.1) is 5.92 Å². The summed E-state index contributed by atoms with van der Waals surface area (Å²) in [4.78, 5) is 11.5. The van der Waals surface area contributed by atoms with Crippen molar-refractivity contribution in [3.05, 3.63) is 0 Å². The van der Waals surface area contributed by atoms with Crippen molar-refractivity contribution in [1.29, 1.82) is 0 Å². The van der Waals surface area contributed by atoms with Gasteiger partial charge in [0.25, 0.3) is 0 Å². The van der Waals surface area contributed by atoms with Crippen LogP contribution in [0.3, 0.4) is 0 Å². The molecule has 0 saturated carbocycles. The fraction of sp³-hybridized carbons (Fsp3) is 0.929. The Hall–Kier alpha value is -0.570. The number of nitrogens with one attached hydrogen (secondary N) is 1. The molecule has 3 heteroatoms. The Bertz CT molecular complexity index is 216. The summed E-state index contributed by atoms with van der Waals surface area (Å²) in [5.74, 6) is 0.308. The van der Waals surface area contributed by atoms with Crippen LogP contribution < -0.4 is 11.1 Å². The summed E-state index contributed by atoms with van der Waals surface area (Å²) >= 11 is 0. The molecule has 0 rings (SSSR count). The van der Waals surface area contributed by atoms with Crippen molar-refractivity contribution in [2.24, 2.45) is 11.7 Å². The first-order valence-electron chi connectivity index (χ1n) is 6.97. The second-order valence-corrected chi connectivity index (χ2v) is 5.64. The number of primary amides is 1. The smallest absolute Gasteiger partial charge is 0.237 e. The maximum atomic E-state index is 11.5. The molecule has 1 amide bonds. The fourth-order valence-electron chi connectivity index (χ4n) is 1.81. The number of hydrogen-bond donors (Lipinski definition) is 2. The molecule has 3 N–H and O–H groups in total. The van der Waals surface area contributed by atoms with Gasteiger partial charge < -0.3 is 11.1 Å². The van der Waals surface area contributed by atoms with Crippen LogP contribution in [0.4, 0.5) is 0 Å². The Morgan fingerprint density at radius 1 is 1.24 bits per heavy atom. The van der Waals surface area contributed by atoms with Crippen LogP contribution in [0.2, 0.25) is 0 Å². The van der Waals surface area contributed by atoms with Crippen LogP contribution in [0.1, 0.15) is 66.2 Å². The zero-order valence-corrected chi connectivity index (χ0v) is 12.0. The molecule has 1 atom stereocenters. The number of amides is 1. The Morgan fingerprint density at radius 3 is 2.29 bits per heavy atom. The Labute approximate surface area is 107 Å². The summed E-state index contributed by atoms with van der Waals surface area (Å²) in [6.07, 6.45) is 6.91. The summed E-state index contributed by atoms with van der Waals surface area (Å²) in [7, 11) is 0. The third-order valence-corrected chi connectivity index (χ3v) is 3.22. The number of carbonyl (C=O) groups is 1. The van der Waals surface area contributed by atoms with E-state index in [9.17, 15) is 4.79 Å². The maximum Gasteiger partial charge on any atom is 0.237 e. The topological polar surface area (TPSA) is 55.1 Å². The summed E-state index contributed by atoms with van der Waals surface area (Å²) < 4.78 is 0. The largest absolute Gasteiger partial charge is 0.368 e. The fourth-order valence-corrected chi connectivity index (χ4v) is 1.81. The Kier molecular flexibility index (Phi) is 8.23. The van der Waals surface area contributed by atoms with Crippen LogP contribution in [0.5, 0.6) is 0 Å². The van der Waals surface area contributed by atoms with E-state index in [0.29, 0.717) is 5.92 Å². The zero-order valence-electron chi connectivity index (χ0n) is 12.0. The predicted molar refractivity (Wildman–Crippen MR) is 73.8 cm³/mol. The van der Waals surface area contributed by atoms with Crippen molar-refractivity contribution in [2.75, 3.05) is 6.54 Å². The molecule has 0 aromatic carbocycles. The third-order valence-electron chi connectivity index (χ3n) is 3.22. The number of rotatable bonds is 10. The molecule has 0 fully saturated rings. The zero-order chi connectivity index (χ0) is 13.3. The number of nitrogens with two attached hydrogens (primary N) is 1. The number of carbonyl (C=O) groups excluding carboxylic acids is 1. The van der Waals surface area contributed by atoms with Gasteiger partial charge in [0.1, 0.15) is 0 Å². The molecule has 0 spiro atoms. The molecule has 0 bridgehead atoms. The van der Waals surface area contributed by atoms with Crippen LogP contribution in [-0.2, 0) is 4.79 Å². The van der Waals surface area contributed by atoms with Crippen molar-refractivity contribution < 1.29 is 4.79 Å². The third kappa shape index (κ3) is 7.37. The number of hydrogen-bond acceptors (Lipinski definition) is 2. The summed E-state index contributed by atoms with van der Waals surface area (Å²) in [5, 5.41) is 3.31. The van der Waals surface area contributed by atoms with Gasteiger partial charge in [0.05, 0.1) is 5.54 Å². The average molecular weight is 242 g/mol. The lowest BCUT2D eigenvalue weighted by Crippen LogP contribution is -2.54. The van der Waals surface area contributed by atoms with Gasteiger partial charge in [0.2, 0.25) is 5.91 Å². The molecule has 3 nitrogen and oxygen atoms in total. The summed E-state index contributed by atoms with van der Waals surface area (Å²) in [6.45, 7) is 9.25. The van der Waals surface area contributed by atoms with Crippen molar-refractivity contribution in [1.82, 2.24) is 5.32 Å². The number of unbranched alkanes of at least 4 members (excludes halogenated alkanes) is 4. The lowest BCUT2D eigenvalue weighted by Gasteiger charge is -2.28. The van der Waals surface area contributed by atoms with Gasteiger partial charge in [-0.3, -0.25) is 4.79 Å².